The Balaban J connectivity index is 1.52. The lowest BCUT2D eigenvalue weighted by atomic mass is 9.95. The van der Waals surface area contributed by atoms with Crippen LogP contribution in [0, 0.1) is 11.8 Å². The number of aromatic nitrogens is 1. The van der Waals surface area contributed by atoms with Crippen molar-refractivity contribution >= 4 is 5.91 Å². The zero-order chi connectivity index (χ0) is 16.7. The zero-order valence-corrected chi connectivity index (χ0v) is 14.5. The molecule has 5 rings (SSSR count). The van der Waals surface area contributed by atoms with Gasteiger partial charge in [-0.2, -0.15) is 0 Å². The van der Waals surface area contributed by atoms with Crippen LogP contribution in [-0.4, -0.2) is 52.9 Å². The standard InChI is InChI=1S/C19H27N3O2/c1-2-16-7-15(8-18(23)20-16)19(24)22-11-14-5-6-17(12-22)21(10-14)9-13-3-4-13/h7-8,13-14,17H,2-6,9-12H2,1H3,(H,20,23). The van der Waals surface area contributed by atoms with Gasteiger partial charge in [-0.3, -0.25) is 14.5 Å². The van der Waals surface area contributed by atoms with Gasteiger partial charge in [-0.1, -0.05) is 6.92 Å². The number of hydrogen-bond donors (Lipinski definition) is 1. The number of aromatic amines is 1. The van der Waals surface area contributed by atoms with Crippen molar-refractivity contribution in [1.82, 2.24) is 14.8 Å². The topological polar surface area (TPSA) is 56.4 Å². The summed E-state index contributed by atoms with van der Waals surface area (Å²) in [6.07, 6.45) is 5.92. The van der Waals surface area contributed by atoms with Gasteiger partial charge in [0.25, 0.3) is 5.91 Å². The summed E-state index contributed by atoms with van der Waals surface area (Å²) < 4.78 is 0. The van der Waals surface area contributed by atoms with Crippen LogP contribution in [0.25, 0.3) is 0 Å². The molecule has 4 aliphatic rings. The lowest BCUT2D eigenvalue weighted by Crippen LogP contribution is -2.45. The van der Waals surface area contributed by atoms with E-state index >= 15 is 0 Å². The molecule has 0 radical (unpaired) electrons. The minimum atomic E-state index is -0.175. The lowest BCUT2D eigenvalue weighted by molar-refractivity contribution is 0.0736. The van der Waals surface area contributed by atoms with Crippen LogP contribution in [0.3, 0.4) is 0 Å². The Morgan fingerprint density at radius 3 is 2.75 bits per heavy atom. The van der Waals surface area contributed by atoms with Gasteiger partial charge in [-0.05, 0) is 50.0 Å². The van der Waals surface area contributed by atoms with Crippen LogP contribution in [0.1, 0.15) is 48.7 Å². The molecule has 4 fully saturated rings. The number of aryl methyl sites for hydroxylation is 1. The smallest absolute Gasteiger partial charge is 0.254 e. The van der Waals surface area contributed by atoms with Crippen LogP contribution >= 0.6 is 0 Å². The van der Waals surface area contributed by atoms with Gasteiger partial charge >= 0.3 is 0 Å². The molecule has 0 aromatic carbocycles. The number of piperidine rings is 1. The number of pyridine rings is 1. The number of hydrogen-bond acceptors (Lipinski definition) is 3. The summed E-state index contributed by atoms with van der Waals surface area (Å²) in [5, 5.41) is 0. The van der Waals surface area contributed by atoms with Gasteiger partial charge in [-0.15, -0.1) is 0 Å². The van der Waals surface area contributed by atoms with E-state index in [1.165, 1.54) is 38.3 Å². The molecule has 5 nitrogen and oxygen atoms in total. The van der Waals surface area contributed by atoms with Crippen molar-refractivity contribution in [2.24, 2.45) is 11.8 Å². The number of carbonyl (C=O) groups is 1. The highest BCUT2D eigenvalue weighted by Crippen LogP contribution is 2.35. The summed E-state index contributed by atoms with van der Waals surface area (Å²) in [6, 6.07) is 3.80. The van der Waals surface area contributed by atoms with Gasteiger partial charge in [-0.25, -0.2) is 0 Å². The van der Waals surface area contributed by atoms with Crippen molar-refractivity contribution in [2.45, 2.75) is 45.1 Å². The quantitative estimate of drug-likeness (QED) is 0.918. The molecular weight excluding hydrogens is 302 g/mol. The maximum absolute atomic E-state index is 13.0. The molecule has 2 unspecified atom stereocenters. The van der Waals surface area contributed by atoms with Crippen molar-refractivity contribution in [3.63, 3.8) is 0 Å². The number of amides is 1. The molecular formula is C19H27N3O2. The summed E-state index contributed by atoms with van der Waals surface area (Å²) in [4.78, 5) is 32.2. The predicted octanol–water partition coefficient (Wildman–Crippen LogP) is 1.88. The molecule has 24 heavy (non-hydrogen) atoms. The van der Waals surface area contributed by atoms with E-state index in [1.807, 2.05) is 17.9 Å². The Morgan fingerprint density at radius 2 is 2.00 bits per heavy atom. The molecule has 2 atom stereocenters. The van der Waals surface area contributed by atoms with Crippen molar-refractivity contribution in [3.05, 3.63) is 33.7 Å². The summed E-state index contributed by atoms with van der Waals surface area (Å²) in [7, 11) is 0. The van der Waals surface area contributed by atoms with Crippen molar-refractivity contribution in [1.29, 1.82) is 0 Å². The monoisotopic (exact) mass is 329 g/mol. The molecule has 4 heterocycles. The highest BCUT2D eigenvalue weighted by molar-refractivity contribution is 5.94. The first kappa shape index (κ1) is 15.9. The van der Waals surface area contributed by atoms with E-state index in [0.717, 1.165) is 37.7 Å². The largest absolute Gasteiger partial charge is 0.337 e. The Kier molecular flexibility index (Phi) is 4.21. The third-order valence-corrected chi connectivity index (χ3v) is 5.83. The molecule has 1 aromatic rings. The molecule has 3 aliphatic heterocycles. The normalized spacial score (nSPS) is 27.3. The second kappa shape index (κ2) is 6.36. The first-order valence-corrected chi connectivity index (χ1v) is 9.39. The second-order valence-electron chi connectivity index (χ2n) is 7.82. The van der Waals surface area contributed by atoms with E-state index in [-0.39, 0.29) is 11.5 Å². The van der Waals surface area contributed by atoms with Crippen molar-refractivity contribution in [2.75, 3.05) is 26.2 Å². The van der Waals surface area contributed by atoms with Gasteiger partial charge in [0, 0.05) is 49.5 Å². The SMILES string of the molecule is CCc1cc(C(=O)N2CC3CCC(C2)N(CC2CC2)C3)cc(=O)[nH]1. The van der Waals surface area contributed by atoms with Crippen LogP contribution in [0.15, 0.2) is 16.9 Å². The fraction of sp³-hybridized carbons (Fsp3) is 0.684. The second-order valence-corrected chi connectivity index (χ2v) is 7.82. The summed E-state index contributed by atoms with van der Waals surface area (Å²) in [5.74, 6) is 1.51. The van der Waals surface area contributed by atoms with Gasteiger partial charge in [0.15, 0.2) is 0 Å². The lowest BCUT2D eigenvalue weighted by Gasteiger charge is -2.36. The Morgan fingerprint density at radius 1 is 1.17 bits per heavy atom. The first-order chi connectivity index (χ1) is 11.6. The number of carbonyl (C=O) groups excluding carboxylic acids is 1. The fourth-order valence-electron chi connectivity index (χ4n) is 4.30. The molecule has 1 aromatic heterocycles. The Bertz CT molecular complexity index is 679. The Labute approximate surface area is 143 Å². The Hall–Kier alpha value is -1.62. The minimum absolute atomic E-state index is 0.0287. The van der Waals surface area contributed by atoms with Crippen LogP contribution < -0.4 is 5.56 Å². The number of nitrogens with one attached hydrogen (secondary N) is 1. The van der Waals surface area contributed by atoms with Crippen LogP contribution in [-0.2, 0) is 6.42 Å². The number of rotatable bonds is 4. The zero-order valence-electron chi connectivity index (χ0n) is 14.5. The molecule has 130 valence electrons. The maximum Gasteiger partial charge on any atom is 0.254 e. The van der Waals surface area contributed by atoms with Crippen LogP contribution in [0.4, 0.5) is 0 Å². The summed E-state index contributed by atoms with van der Waals surface area (Å²) in [5.41, 5.74) is 1.20. The van der Waals surface area contributed by atoms with E-state index in [2.05, 4.69) is 9.88 Å². The highest BCUT2D eigenvalue weighted by Gasteiger charge is 2.38. The molecule has 1 aliphatic carbocycles. The maximum atomic E-state index is 13.0. The predicted molar refractivity (Wildman–Crippen MR) is 93.2 cm³/mol. The van der Waals surface area contributed by atoms with Gasteiger partial charge in [0.05, 0.1) is 0 Å². The van der Waals surface area contributed by atoms with E-state index in [0.29, 0.717) is 17.5 Å². The van der Waals surface area contributed by atoms with Crippen LogP contribution in [0.2, 0.25) is 0 Å². The summed E-state index contributed by atoms with van der Waals surface area (Å²) >= 11 is 0. The minimum Gasteiger partial charge on any atom is -0.337 e. The van der Waals surface area contributed by atoms with E-state index in [9.17, 15) is 9.59 Å². The molecule has 3 saturated heterocycles. The molecule has 1 saturated carbocycles. The highest BCUT2D eigenvalue weighted by atomic mass is 16.2. The summed E-state index contributed by atoms with van der Waals surface area (Å²) in [6.45, 7) is 6.00. The van der Waals surface area contributed by atoms with E-state index < -0.39 is 0 Å². The average molecular weight is 329 g/mol. The average Bonchev–Trinajstić information content (AvgIpc) is 3.41. The molecule has 1 N–H and O–H groups in total. The number of H-pyrrole nitrogens is 1. The van der Waals surface area contributed by atoms with Crippen molar-refractivity contribution in [3.8, 4) is 0 Å². The molecule has 5 heteroatoms. The third kappa shape index (κ3) is 3.27. The van der Waals surface area contributed by atoms with Gasteiger partial charge in [0.1, 0.15) is 0 Å². The van der Waals surface area contributed by atoms with E-state index in [4.69, 9.17) is 0 Å². The molecule has 1 amide bonds. The number of fused-ring (bicyclic) bond motifs is 4. The van der Waals surface area contributed by atoms with Gasteiger partial charge < -0.3 is 9.88 Å². The third-order valence-electron chi connectivity index (χ3n) is 5.83. The van der Waals surface area contributed by atoms with Crippen LogP contribution in [0.5, 0.6) is 0 Å². The molecule has 2 bridgehead atoms. The van der Waals surface area contributed by atoms with E-state index in [1.54, 1.807) is 0 Å². The first-order valence-electron chi connectivity index (χ1n) is 9.39. The number of nitrogens with zero attached hydrogens (tertiary/aromatic N) is 2. The van der Waals surface area contributed by atoms with Crippen molar-refractivity contribution < 1.29 is 4.79 Å². The molecule has 0 spiro atoms. The van der Waals surface area contributed by atoms with Gasteiger partial charge in [0.2, 0.25) is 5.56 Å². The fourth-order valence-corrected chi connectivity index (χ4v) is 4.30.